The summed E-state index contributed by atoms with van der Waals surface area (Å²) in [7, 11) is 0. The first kappa shape index (κ1) is 22.2. The van der Waals surface area contributed by atoms with Crippen LogP contribution in [0.25, 0.3) is 11.7 Å². The number of furan rings is 1. The van der Waals surface area contributed by atoms with Crippen LogP contribution in [0, 0.1) is 17.2 Å². The van der Waals surface area contributed by atoms with E-state index in [1.165, 1.54) is 17.6 Å². The number of anilines is 2. The SMILES string of the molecule is CCOC(=O)c1c(C2CC2)csc1NC(=O)C1CCN(c2oc(-c3ccco3)nc2C#N)CC1. The van der Waals surface area contributed by atoms with Crippen LogP contribution >= 0.6 is 11.3 Å². The molecule has 176 valence electrons. The summed E-state index contributed by atoms with van der Waals surface area (Å²) in [5.74, 6) is 0.788. The molecule has 1 aliphatic heterocycles. The number of thiophene rings is 1. The summed E-state index contributed by atoms with van der Waals surface area (Å²) < 4.78 is 16.4. The molecule has 0 unspecified atom stereocenters. The van der Waals surface area contributed by atoms with Crippen molar-refractivity contribution in [3.05, 3.63) is 40.6 Å². The van der Waals surface area contributed by atoms with Crippen LogP contribution < -0.4 is 10.2 Å². The lowest BCUT2D eigenvalue weighted by molar-refractivity contribution is -0.120. The van der Waals surface area contributed by atoms with E-state index in [2.05, 4.69) is 16.4 Å². The molecule has 0 aromatic carbocycles. The quantitative estimate of drug-likeness (QED) is 0.480. The third-order valence-corrected chi connectivity index (χ3v) is 7.07. The predicted molar refractivity (Wildman–Crippen MR) is 125 cm³/mol. The van der Waals surface area contributed by atoms with Gasteiger partial charge in [0.15, 0.2) is 5.76 Å². The highest BCUT2D eigenvalue weighted by atomic mass is 32.1. The minimum absolute atomic E-state index is 0.108. The second kappa shape index (κ2) is 9.35. The summed E-state index contributed by atoms with van der Waals surface area (Å²) in [5.41, 5.74) is 1.68. The molecule has 2 aliphatic rings. The molecule has 1 amide bonds. The molecular formula is C24H24N4O5S. The molecule has 2 fully saturated rings. The van der Waals surface area contributed by atoms with E-state index in [0.717, 1.165) is 18.4 Å². The van der Waals surface area contributed by atoms with Crippen molar-refractivity contribution >= 4 is 34.1 Å². The van der Waals surface area contributed by atoms with Gasteiger partial charge in [-0.1, -0.05) is 0 Å². The number of aromatic nitrogens is 1. The fraction of sp³-hybridized carbons (Fsp3) is 0.417. The number of carbonyl (C=O) groups is 2. The Balaban J connectivity index is 1.25. The van der Waals surface area contributed by atoms with Crippen molar-refractivity contribution in [2.45, 2.75) is 38.5 Å². The van der Waals surface area contributed by atoms with Gasteiger partial charge in [-0.15, -0.1) is 11.3 Å². The number of ether oxygens (including phenoxy) is 1. The van der Waals surface area contributed by atoms with Crippen molar-refractivity contribution < 1.29 is 23.2 Å². The molecule has 34 heavy (non-hydrogen) atoms. The van der Waals surface area contributed by atoms with Gasteiger partial charge in [-0.05, 0) is 61.6 Å². The maximum atomic E-state index is 13.0. The number of nitrogens with zero attached hydrogens (tertiary/aromatic N) is 3. The van der Waals surface area contributed by atoms with Crippen molar-refractivity contribution in [3.8, 4) is 17.7 Å². The first-order valence-electron chi connectivity index (χ1n) is 11.4. The summed E-state index contributed by atoms with van der Waals surface area (Å²) >= 11 is 1.38. The zero-order valence-electron chi connectivity index (χ0n) is 18.7. The molecule has 3 aromatic heterocycles. The number of carbonyl (C=O) groups excluding carboxylic acids is 2. The van der Waals surface area contributed by atoms with E-state index in [0.29, 0.717) is 60.7 Å². The summed E-state index contributed by atoms with van der Waals surface area (Å²) in [5, 5.41) is 15.0. The zero-order valence-corrected chi connectivity index (χ0v) is 19.5. The van der Waals surface area contributed by atoms with Crippen LogP contribution in [0.4, 0.5) is 10.9 Å². The van der Waals surface area contributed by atoms with Gasteiger partial charge in [-0.3, -0.25) is 4.79 Å². The highest BCUT2D eigenvalue weighted by molar-refractivity contribution is 7.15. The van der Waals surface area contributed by atoms with Gasteiger partial charge < -0.3 is 23.8 Å². The van der Waals surface area contributed by atoms with E-state index >= 15 is 0 Å². The smallest absolute Gasteiger partial charge is 0.341 e. The van der Waals surface area contributed by atoms with Crippen LogP contribution in [-0.2, 0) is 9.53 Å². The molecule has 3 aromatic rings. The molecule has 4 heterocycles. The van der Waals surface area contributed by atoms with Crippen molar-refractivity contribution in [2.75, 3.05) is 29.9 Å². The molecular weight excluding hydrogens is 456 g/mol. The van der Waals surface area contributed by atoms with Gasteiger partial charge in [-0.25, -0.2) is 4.79 Å². The lowest BCUT2D eigenvalue weighted by Crippen LogP contribution is -2.38. The van der Waals surface area contributed by atoms with Gasteiger partial charge in [0.2, 0.25) is 17.5 Å². The predicted octanol–water partition coefficient (Wildman–Crippen LogP) is 4.78. The van der Waals surface area contributed by atoms with Crippen molar-refractivity contribution in [1.82, 2.24) is 4.98 Å². The molecule has 10 heteroatoms. The lowest BCUT2D eigenvalue weighted by atomic mass is 9.96. The van der Waals surface area contributed by atoms with E-state index in [1.54, 1.807) is 19.1 Å². The molecule has 1 N–H and O–H groups in total. The van der Waals surface area contributed by atoms with Gasteiger partial charge in [0.05, 0.1) is 18.4 Å². The Kier molecular flexibility index (Phi) is 6.11. The fourth-order valence-electron chi connectivity index (χ4n) is 4.24. The van der Waals surface area contributed by atoms with Crippen molar-refractivity contribution in [2.24, 2.45) is 5.92 Å². The average Bonchev–Trinajstić information content (AvgIpc) is 3.24. The van der Waals surface area contributed by atoms with Gasteiger partial charge in [0, 0.05) is 19.0 Å². The molecule has 1 saturated carbocycles. The summed E-state index contributed by atoms with van der Waals surface area (Å²) in [4.78, 5) is 31.8. The Morgan fingerprint density at radius 2 is 2.12 bits per heavy atom. The Morgan fingerprint density at radius 1 is 1.32 bits per heavy atom. The van der Waals surface area contributed by atoms with Gasteiger partial charge in [0.25, 0.3) is 5.89 Å². The first-order chi connectivity index (χ1) is 16.6. The van der Waals surface area contributed by atoms with Crippen LogP contribution in [0.1, 0.15) is 60.1 Å². The van der Waals surface area contributed by atoms with Crippen LogP contribution in [0.2, 0.25) is 0 Å². The maximum Gasteiger partial charge on any atom is 0.341 e. The summed E-state index contributed by atoms with van der Waals surface area (Å²) in [6, 6.07) is 5.52. The highest BCUT2D eigenvalue weighted by Gasteiger charge is 2.34. The molecule has 0 radical (unpaired) electrons. The number of oxazole rings is 1. The monoisotopic (exact) mass is 480 g/mol. The second-order valence-corrected chi connectivity index (χ2v) is 9.28. The van der Waals surface area contributed by atoms with Gasteiger partial charge in [0.1, 0.15) is 11.1 Å². The molecule has 9 nitrogen and oxygen atoms in total. The normalized spacial score (nSPS) is 16.3. The van der Waals surface area contributed by atoms with E-state index in [1.807, 2.05) is 10.3 Å². The van der Waals surface area contributed by atoms with Crippen LogP contribution in [-0.4, -0.2) is 36.6 Å². The van der Waals surface area contributed by atoms with Crippen LogP contribution in [0.3, 0.4) is 0 Å². The van der Waals surface area contributed by atoms with E-state index < -0.39 is 0 Å². The number of hydrogen-bond acceptors (Lipinski definition) is 9. The standard InChI is InChI=1S/C24H24N4O5S/c1-2-31-24(30)19-16(14-5-6-14)13-34-22(19)27-20(29)15-7-9-28(10-8-15)23-17(12-25)26-21(33-23)18-4-3-11-32-18/h3-4,11,13-15H,2,5-10H2,1H3,(H,27,29). The molecule has 1 aliphatic carbocycles. The third kappa shape index (κ3) is 4.31. The number of hydrogen-bond donors (Lipinski definition) is 1. The zero-order chi connectivity index (χ0) is 23.7. The van der Waals surface area contributed by atoms with Gasteiger partial charge in [-0.2, -0.15) is 10.2 Å². The van der Waals surface area contributed by atoms with Crippen LogP contribution in [0.5, 0.6) is 0 Å². The Labute approximate surface area is 200 Å². The Hall–Kier alpha value is -3.58. The van der Waals surface area contributed by atoms with Crippen molar-refractivity contribution in [1.29, 1.82) is 5.26 Å². The first-order valence-corrected chi connectivity index (χ1v) is 12.3. The minimum Gasteiger partial charge on any atom is -0.462 e. The van der Waals surface area contributed by atoms with Crippen LogP contribution in [0.15, 0.2) is 32.6 Å². The number of piperidine rings is 1. The largest absolute Gasteiger partial charge is 0.462 e. The van der Waals surface area contributed by atoms with E-state index in [-0.39, 0.29) is 29.4 Å². The topological polar surface area (TPSA) is 122 Å². The molecule has 0 bridgehead atoms. The fourth-order valence-corrected chi connectivity index (χ4v) is 5.27. The second-order valence-electron chi connectivity index (χ2n) is 8.40. The number of esters is 1. The molecule has 5 rings (SSSR count). The maximum absolute atomic E-state index is 13.0. The van der Waals surface area contributed by atoms with E-state index in [9.17, 15) is 14.9 Å². The van der Waals surface area contributed by atoms with Gasteiger partial charge >= 0.3 is 5.97 Å². The number of nitrogens with one attached hydrogen (secondary N) is 1. The molecule has 0 atom stereocenters. The number of amides is 1. The number of nitriles is 1. The summed E-state index contributed by atoms with van der Waals surface area (Å²) in [6.45, 7) is 3.15. The van der Waals surface area contributed by atoms with Crippen molar-refractivity contribution in [3.63, 3.8) is 0 Å². The summed E-state index contributed by atoms with van der Waals surface area (Å²) in [6.07, 6.45) is 4.81. The minimum atomic E-state index is -0.377. The Morgan fingerprint density at radius 3 is 2.76 bits per heavy atom. The number of rotatable bonds is 7. The highest BCUT2D eigenvalue weighted by Crippen LogP contribution is 2.46. The molecule has 1 saturated heterocycles. The molecule has 0 spiro atoms. The lowest BCUT2D eigenvalue weighted by Gasteiger charge is -2.30. The Bertz CT molecular complexity index is 1230. The van der Waals surface area contributed by atoms with E-state index in [4.69, 9.17) is 13.6 Å². The third-order valence-electron chi connectivity index (χ3n) is 6.15. The average molecular weight is 481 g/mol.